The molecule has 0 unspecified atom stereocenters. The van der Waals surface area contributed by atoms with E-state index in [4.69, 9.17) is 37.4 Å². The van der Waals surface area contributed by atoms with E-state index in [0.717, 1.165) is 22.5 Å². The van der Waals surface area contributed by atoms with E-state index in [1.54, 1.807) is 26.0 Å². The number of ether oxygens (including phenoxy) is 3. The smallest absolute Gasteiger partial charge is 0.203 e. The molecule has 1 aromatic heterocycles. The summed E-state index contributed by atoms with van der Waals surface area (Å²) in [5, 5.41) is 9.06. The van der Waals surface area contributed by atoms with E-state index in [2.05, 4.69) is 10.4 Å². The second kappa shape index (κ2) is 9.39. The highest BCUT2D eigenvalue weighted by molar-refractivity contribution is 6.33. The number of benzene rings is 2. The van der Waals surface area contributed by atoms with E-state index in [1.807, 2.05) is 43.3 Å². The summed E-state index contributed by atoms with van der Waals surface area (Å²) in [4.78, 5) is 0. The van der Waals surface area contributed by atoms with Crippen LogP contribution in [0, 0.1) is 6.92 Å². The number of rotatable bonds is 8. The first-order valence-electron chi connectivity index (χ1n) is 8.99. The molecule has 0 aliphatic heterocycles. The molecule has 0 atom stereocenters. The molecular formula is C21H23Cl2N3O3. The Kier molecular flexibility index (Phi) is 6.90. The summed E-state index contributed by atoms with van der Waals surface area (Å²) < 4.78 is 18.0. The molecule has 0 aliphatic rings. The number of halogens is 2. The average Bonchev–Trinajstić information content (AvgIpc) is 3.01. The monoisotopic (exact) mass is 435 g/mol. The number of nitrogens with zero attached hydrogens (tertiary/aromatic N) is 2. The van der Waals surface area contributed by atoms with Gasteiger partial charge in [0.1, 0.15) is 5.15 Å². The van der Waals surface area contributed by atoms with Crippen molar-refractivity contribution in [2.24, 2.45) is 0 Å². The Labute approximate surface area is 180 Å². The van der Waals surface area contributed by atoms with Crippen LogP contribution in [-0.4, -0.2) is 31.1 Å². The Balaban J connectivity index is 1.79. The van der Waals surface area contributed by atoms with Crippen LogP contribution in [-0.2, 0) is 13.1 Å². The molecule has 154 valence electrons. The molecule has 1 N–H and O–H groups in total. The molecule has 2 aromatic carbocycles. The molecule has 1 heterocycles. The number of nitrogens with one attached hydrogen (secondary N) is 1. The highest BCUT2D eigenvalue weighted by atomic mass is 35.5. The Morgan fingerprint density at radius 2 is 1.66 bits per heavy atom. The fraction of sp³-hybridized carbons (Fsp3) is 0.286. The molecule has 0 amide bonds. The van der Waals surface area contributed by atoms with Crippen molar-refractivity contribution in [1.82, 2.24) is 15.1 Å². The van der Waals surface area contributed by atoms with Crippen LogP contribution in [0.4, 0.5) is 0 Å². The van der Waals surface area contributed by atoms with Crippen LogP contribution in [0.1, 0.15) is 16.8 Å². The van der Waals surface area contributed by atoms with Crippen molar-refractivity contribution in [3.05, 3.63) is 63.4 Å². The molecule has 0 saturated heterocycles. The molecular weight excluding hydrogens is 413 g/mol. The van der Waals surface area contributed by atoms with Crippen molar-refractivity contribution in [3.8, 4) is 22.9 Å². The van der Waals surface area contributed by atoms with E-state index < -0.39 is 0 Å². The first-order chi connectivity index (χ1) is 14.0. The third-order valence-corrected chi connectivity index (χ3v) is 5.31. The van der Waals surface area contributed by atoms with Gasteiger partial charge in [0.2, 0.25) is 5.75 Å². The van der Waals surface area contributed by atoms with Gasteiger partial charge in [-0.15, -0.1) is 0 Å². The maximum Gasteiger partial charge on any atom is 0.203 e. The molecule has 0 aliphatic carbocycles. The first-order valence-corrected chi connectivity index (χ1v) is 9.74. The van der Waals surface area contributed by atoms with Crippen molar-refractivity contribution in [1.29, 1.82) is 0 Å². The van der Waals surface area contributed by atoms with Crippen molar-refractivity contribution in [2.75, 3.05) is 21.3 Å². The van der Waals surface area contributed by atoms with E-state index in [9.17, 15) is 0 Å². The SMILES string of the molecule is COc1ccc(CNCc2c(C)nn(-c3ccccc3Cl)c2Cl)c(OC)c1OC. The average molecular weight is 436 g/mol. The Morgan fingerprint density at radius 1 is 0.931 bits per heavy atom. The number of aryl methyl sites for hydroxylation is 1. The van der Waals surface area contributed by atoms with Gasteiger partial charge >= 0.3 is 0 Å². The van der Waals surface area contributed by atoms with Crippen molar-refractivity contribution in [2.45, 2.75) is 20.0 Å². The van der Waals surface area contributed by atoms with E-state index >= 15 is 0 Å². The Morgan fingerprint density at radius 3 is 2.31 bits per heavy atom. The standard InChI is InChI=1S/C21H23Cl2N3O3/c1-13-15(21(23)26(25-13)17-8-6-5-7-16(17)22)12-24-11-14-9-10-18(27-2)20(29-4)19(14)28-3/h5-10,24H,11-12H2,1-4H3. The summed E-state index contributed by atoms with van der Waals surface area (Å²) >= 11 is 12.9. The lowest BCUT2D eigenvalue weighted by Gasteiger charge is -2.16. The van der Waals surface area contributed by atoms with Gasteiger partial charge in [-0.05, 0) is 25.1 Å². The van der Waals surface area contributed by atoms with Gasteiger partial charge in [0.15, 0.2) is 11.5 Å². The minimum Gasteiger partial charge on any atom is -0.493 e. The van der Waals surface area contributed by atoms with Gasteiger partial charge in [-0.25, -0.2) is 4.68 Å². The zero-order valence-corrected chi connectivity index (χ0v) is 18.3. The van der Waals surface area contributed by atoms with Gasteiger partial charge < -0.3 is 19.5 Å². The van der Waals surface area contributed by atoms with Crippen molar-refractivity contribution >= 4 is 23.2 Å². The first kappa shape index (κ1) is 21.3. The van der Waals surface area contributed by atoms with Crippen molar-refractivity contribution < 1.29 is 14.2 Å². The van der Waals surface area contributed by atoms with Gasteiger partial charge in [0, 0.05) is 24.2 Å². The lowest BCUT2D eigenvalue weighted by Crippen LogP contribution is -2.14. The highest BCUT2D eigenvalue weighted by Gasteiger charge is 2.18. The van der Waals surface area contributed by atoms with Crippen LogP contribution in [0.3, 0.4) is 0 Å². The fourth-order valence-electron chi connectivity index (χ4n) is 3.14. The minimum absolute atomic E-state index is 0.530. The summed E-state index contributed by atoms with van der Waals surface area (Å²) in [5.74, 6) is 1.82. The Bertz CT molecular complexity index is 1010. The fourth-order valence-corrected chi connectivity index (χ4v) is 3.69. The normalized spacial score (nSPS) is 10.8. The van der Waals surface area contributed by atoms with Gasteiger partial charge in [-0.3, -0.25) is 0 Å². The Hall–Kier alpha value is -2.41. The van der Waals surface area contributed by atoms with Gasteiger partial charge in [-0.1, -0.05) is 41.4 Å². The molecule has 0 fully saturated rings. The summed E-state index contributed by atoms with van der Waals surface area (Å²) in [7, 11) is 4.79. The number of hydrogen-bond acceptors (Lipinski definition) is 5. The minimum atomic E-state index is 0.530. The predicted octanol–water partition coefficient (Wildman–Crippen LogP) is 4.80. The van der Waals surface area contributed by atoms with Crippen LogP contribution in [0.25, 0.3) is 5.69 Å². The second-order valence-corrected chi connectivity index (χ2v) is 7.08. The molecule has 3 aromatic rings. The third kappa shape index (κ3) is 4.29. The predicted molar refractivity (Wildman–Crippen MR) is 115 cm³/mol. The maximum absolute atomic E-state index is 6.60. The van der Waals surface area contributed by atoms with Crippen LogP contribution in [0.2, 0.25) is 10.2 Å². The molecule has 8 heteroatoms. The summed E-state index contributed by atoms with van der Waals surface area (Å²) in [6.45, 7) is 3.01. The molecule has 0 radical (unpaired) electrons. The molecule has 29 heavy (non-hydrogen) atoms. The van der Waals surface area contributed by atoms with Crippen LogP contribution in [0.5, 0.6) is 17.2 Å². The topological polar surface area (TPSA) is 57.5 Å². The van der Waals surface area contributed by atoms with E-state index in [-0.39, 0.29) is 0 Å². The molecule has 6 nitrogen and oxygen atoms in total. The summed E-state index contributed by atoms with van der Waals surface area (Å²) in [6.07, 6.45) is 0. The zero-order valence-electron chi connectivity index (χ0n) is 16.8. The van der Waals surface area contributed by atoms with Crippen molar-refractivity contribution in [3.63, 3.8) is 0 Å². The van der Waals surface area contributed by atoms with Crippen LogP contribution in [0.15, 0.2) is 36.4 Å². The molecule has 0 spiro atoms. The van der Waals surface area contributed by atoms with Gasteiger partial charge in [0.25, 0.3) is 0 Å². The number of methoxy groups -OCH3 is 3. The summed E-state index contributed by atoms with van der Waals surface area (Å²) in [5.41, 5.74) is 3.43. The maximum atomic E-state index is 6.60. The number of para-hydroxylation sites is 1. The number of aromatic nitrogens is 2. The summed E-state index contributed by atoms with van der Waals surface area (Å²) in [6, 6.07) is 11.3. The highest BCUT2D eigenvalue weighted by Crippen LogP contribution is 2.39. The lowest BCUT2D eigenvalue weighted by atomic mass is 10.1. The lowest BCUT2D eigenvalue weighted by molar-refractivity contribution is 0.321. The van der Waals surface area contributed by atoms with Gasteiger partial charge in [-0.2, -0.15) is 5.10 Å². The van der Waals surface area contributed by atoms with Gasteiger partial charge in [0.05, 0.1) is 37.7 Å². The molecule has 0 bridgehead atoms. The third-order valence-electron chi connectivity index (χ3n) is 4.61. The van der Waals surface area contributed by atoms with Crippen LogP contribution < -0.4 is 19.5 Å². The number of hydrogen-bond donors (Lipinski definition) is 1. The molecule has 0 saturated carbocycles. The quantitative estimate of drug-likeness (QED) is 0.550. The van der Waals surface area contributed by atoms with E-state index in [0.29, 0.717) is 40.5 Å². The largest absolute Gasteiger partial charge is 0.493 e. The van der Waals surface area contributed by atoms with Crippen LogP contribution >= 0.6 is 23.2 Å². The second-order valence-electron chi connectivity index (χ2n) is 6.31. The zero-order chi connectivity index (χ0) is 21.0. The molecule has 3 rings (SSSR count). The van der Waals surface area contributed by atoms with E-state index in [1.165, 1.54) is 0 Å².